The second-order valence-corrected chi connectivity index (χ2v) is 10.8. The summed E-state index contributed by atoms with van der Waals surface area (Å²) >= 11 is 0. The average Bonchev–Trinajstić information content (AvgIpc) is 3.64. The van der Waals surface area contributed by atoms with Crippen LogP contribution >= 0.6 is 0 Å². The molecular weight excluding hydrogens is 590 g/mol. The molecular formula is C35H31N3O8. The summed E-state index contributed by atoms with van der Waals surface area (Å²) in [4.78, 5) is 57.1. The molecule has 3 amide bonds. The lowest BCUT2D eigenvalue weighted by Crippen LogP contribution is -2.46. The Morgan fingerprint density at radius 1 is 0.913 bits per heavy atom. The third kappa shape index (κ3) is 5.82. The van der Waals surface area contributed by atoms with E-state index in [1.54, 1.807) is 60.7 Å². The SMILES string of the molecule is COc1ccc(NC(=O)C(c2ccc3c(c2)OCO3)N(Cc2ccc(C)cc2)C(=O)CN2C(=O)C(=O)c3ccccc32)c(OC)c1. The number of hydrogen-bond donors (Lipinski definition) is 1. The van der Waals surface area contributed by atoms with Crippen LogP contribution in [0.4, 0.5) is 11.4 Å². The number of rotatable bonds is 10. The number of para-hydroxylation sites is 1. The number of anilines is 2. The topological polar surface area (TPSA) is 124 Å². The molecule has 2 aliphatic rings. The predicted molar refractivity (Wildman–Crippen MR) is 168 cm³/mol. The molecule has 0 fully saturated rings. The number of aryl methyl sites for hydroxylation is 1. The van der Waals surface area contributed by atoms with Crippen molar-refractivity contribution < 1.29 is 38.1 Å². The van der Waals surface area contributed by atoms with Crippen molar-refractivity contribution in [3.8, 4) is 23.0 Å². The van der Waals surface area contributed by atoms with E-state index < -0.39 is 36.1 Å². The lowest BCUT2D eigenvalue weighted by molar-refractivity contribution is -0.139. The van der Waals surface area contributed by atoms with Crippen LogP contribution in [0.5, 0.6) is 23.0 Å². The second-order valence-electron chi connectivity index (χ2n) is 10.8. The Balaban J connectivity index is 1.42. The molecule has 0 radical (unpaired) electrons. The highest BCUT2D eigenvalue weighted by Crippen LogP contribution is 2.38. The van der Waals surface area contributed by atoms with Gasteiger partial charge in [0.2, 0.25) is 12.7 Å². The van der Waals surface area contributed by atoms with E-state index in [0.717, 1.165) is 16.0 Å². The number of Topliss-reactive ketones (excluding diaryl/α,β-unsaturated/α-hetero) is 1. The third-order valence-electron chi connectivity index (χ3n) is 7.91. The van der Waals surface area contributed by atoms with E-state index >= 15 is 0 Å². The number of nitrogens with one attached hydrogen (secondary N) is 1. The number of carbonyl (C=O) groups is 4. The van der Waals surface area contributed by atoms with Crippen LogP contribution < -0.4 is 29.2 Å². The summed E-state index contributed by atoms with van der Waals surface area (Å²) < 4.78 is 21.9. The molecule has 11 nitrogen and oxygen atoms in total. The Morgan fingerprint density at radius 2 is 1.67 bits per heavy atom. The van der Waals surface area contributed by atoms with E-state index in [1.165, 1.54) is 19.1 Å². The van der Waals surface area contributed by atoms with Gasteiger partial charge in [-0.15, -0.1) is 0 Å². The van der Waals surface area contributed by atoms with Crippen LogP contribution in [-0.4, -0.2) is 56.0 Å². The fraction of sp³-hybridized carbons (Fsp3) is 0.200. The van der Waals surface area contributed by atoms with Crippen LogP contribution in [0.2, 0.25) is 0 Å². The maximum Gasteiger partial charge on any atom is 0.299 e. The normalized spacial score (nSPS) is 13.7. The molecule has 234 valence electrons. The molecule has 1 atom stereocenters. The average molecular weight is 622 g/mol. The van der Waals surface area contributed by atoms with Gasteiger partial charge in [0.15, 0.2) is 11.5 Å². The van der Waals surface area contributed by atoms with Crippen molar-refractivity contribution >= 4 is 34.9 Å². The number of ketones is 1. The molecule has 0 spiro atoms. The predicted octanol–water partition coefficient (Wildman–Crippen LogP) is 4.68. The van der Waals surface area contributed by atoms with Crippen LogP contribution in [0.25, 0.3) is 0 Å². The Bertz CT molecular complexity index is 1840. The summed E-state index contributed by atoms with van der Waals surface area (Å²) in [5.41, 5.74) is 3.14. The zero-order valence-corrected chi connectivity index (χ0v) is 25.4. The maximum atomic E-state index is 14.4. The van der Waals surface area contributed by atoms with Crippen molar-refractivity contribution in [3.63, 3.8) is 0 Å². The zero-order valence-electron chi connectivity index (χ0n) is 25.4. The van der Waals surface area contributed by atoms with Crippen molar-refractivity contribution in [2.24, 2.45) is 0 Å². The highest BCUT2D eigenvalue weighted by molar-refractivity contribution is 6.52. The van der Waals surface area contributed by atoms with Gasteiger partial charge in [-0.25, -0.2) is 0 Å². The highest BCUT2D eigenvalue weighted by Gasteiger charge is 2.40. The smallest absolute Gasteiger partial charge is 0.299 e. The molecule has 46 heavy (non-hydrogen) atoms. The summed E-state index contributed by atoms with van der Waals surface area (Å²) in [5.74, 6) is -0.787. The summed E-state index contributed by atoms with van der Waals surface area (Å²) in [6, 6.07) is 22.9. The van der Waals surface area contributed by atoms with Crippen LogP contribution in [-0.2, 0) is 20.9 Å². The molecule has 2 heterocycles. The van der Waals surface area contributed by atoms with Gasteiger partial charge < -0.3 is 29.2 Å². The summed E-state index contributed by atoms with van der Waals surface area (Å²) in [6.07, 6.45) is 0. The van der Waals surface area contributed by atoms with E-state index in [0.29, 0.717) is 39.9 Å². The van der Waals surface area contributed by atoms with Gasteiger partial charge in [0, 0.05) is 12.6 Å². The largest absolute Gasteiger partial charge is 0.497 e. The first-order chi connectivity index (χ1) is 22.3. The molecule has 0 bridgehead atoms. The van der Waals surface area contributed by atoms with Crippen molar-refractivity contribution in [1.29, 1.82) is 0 Å². The van der Waals surface area contributed by atoms with Gasteiger partial charge in [0.1, 0.15) is 24.1 Å². The summed E-state index contributed by atoms with van der Waals surface area (Å²) in [7, 11) is 2.99. The number of nitrogens with zero attached hydrogens (tertiary/aromatic N) is 2. The summed E-state index contributed by atoms with van der Waals surface area (Å²) in [6.45, 7) is 1.52. The van der Waals surface area contributed by atoms with Gasteiger partial charge in [-0.2, -0.15) is 0 Å². The van der Waals surface area contributed by atoms with Crippen molar-refractivity contribution in [2.45, 2.75) is 19.5 Å². The fourth-order valence-corrected chi connectivity index (χ4v) is 5.50. The first kappa shape index (κ1) is 30.2. The standard InChI is InChI=1S/C35H31N3O8/c1-21-8-10-22(11-9-21)18-38(31(39)19-37-27-7-5-4-6-25(27)33(40)35(37)42)32(23-12-15-28-30(16-23)46-20-45-28)34(41)36-26-14-13-24(43-2)17-29(26)44-3/h4-17,32H,18-20H2,1-3H3,(H,36,41). The molecule has 6 rings (SSSR count). The Hall–Kier alpha value is -5.84. The lowest BCUT2D eigenvalue weighted by atomic mass is 10.0. The quantitative estimate of drug-likeness (QED) is 0.253. The van der Waals surface area contributed by atoms with E-state index in [1.807, 2.05) is 31.2 Å². The number of carbonyl (C=O) groups excluding carboxylic acids is 4. The maximum absolute atomic E-state index is 14.4. The van der Waals surface area contributed by atoms with Gasteiger partial charge in [-0.1, -0.05) is 48.0 Å². The molecule has 0 saturated carbocycles. The number of hydrogen-bond acceptors (Lipinski definition) is 8. The van der Waals surface area contributed by atoms with Gasteiger partial charge >= 0.3 is 0 Å². The minimum Gasteiger partial charge on any atom is -0.497 e. The minimum absolute atomic E-state index is 0.0169. The van der Waals surface area contributed by atoms with Crippen LogP contribution in [0, 0.1) is 6.92 Å². The minimum atomic E-state index is -1.21. The Morgan fingerprint density at radius 3 is 2.43 bits per heavy atom. The van der Waals surface area contributed by atoms with E-state index in [4.69, 9.17) is 18.9 Å². The van der Waals surface area contributed by atoms with Crippen molar-refractivity contribution in [1.82, 2.24) is 4.90 Å². The van der Waals surface area contributed by atoms with Gasteiger partial charge in [0.25, 0.3) is 17.6 Å². The first-order valence-electron chi connectivity index (χ1n) is 14.5. The molecule has 11 heteroatoms. The number of ether oxygens (including phenoxy) is 4. The van der Waals surface area contributed by atoms with Gasteiger partial charge in [-0.3, -0.25) is 24.1 Å². The molecule has 0 saturated heterocycles. The highest BCUT2D eigenvalue weighted by atomic mass is 16.7. The Kier molecular flexibility index (Phi) is 8.30. The molecule has 0 aliphatic carbocycles. The molecule has 1 N–H and O–H groups in total. The monoisotopic (exact) mass is 621 g/mol. The van der Waals surface area contributed by atoms with Crippen LogP contribution in [0.15, 0.2) is 84.9 Å². The Labute approximate surface area is 265 Å². The molecule has 2 aliphatic heterocycles. The molecule has 4 aromatic carbocycles. The number of amides is 3. The van der Waals surface area contributed by atoms with Crippen LogP contribution in [0.3, 0.4) is 0 Å². The van der Waals surface area contributed by atoms with Crippen molar-refractivity contribution in [2.75, 3.05) is 37.8 Å². The number of fused-ring (bicyclic) bond motifs is 2. The van der Waals surface area contributed by atoms with E-state index in [-0.39, 0.29) is 18.9 Å². The number of benzene rings is 4. The molecule has 1 unspecified atom stereocenters. The number of methoxy groups -OCH3 is 2. The molecule has 0 aromatic heterocycles. The van der Waals surface area contributed by atoms with Gasteiger partial charge in [0.05, 0.1) is 31.2 Å². The van der Waals surface area contributed by atoms with Crippen LogP contribution in [0.1, 0.15) is 33.1 Å². The van der Waals surface area contributed by atoms with E-state index in [9.17, 15) is 19.2 Å². The fourth-order valence-electron chi connectivity index (χ4n) is 5.50. The van der Waals surface area contributed by atoms with Gasteiger partial charge in [-0.05, 0) is 54.4 Å². The second kappa shape index (κ2) is 12.6. The summed E-state index contributed by atoms with van der Waals surface area (Å²) in [5, 5.41) is 2.91. The van der Waals surface area contributed by atoms with Crippen molar-refractivity contribution in [3.05, 3.63) is 107 Å². The first-order valence-corrected chi connectivity index (χ1v) is 14.5. The van der Waals surface area contributed by atoms with E-state index in [2.05, 4.69) is 5.32 Å². The lowest BCUT2D eigenvalue weighted by Gasteiger charge is -2.33. The zero-order chi connectivity index (χ0) is 32.4. The molecule has 4 aromatic rings. The third-order valence-corrected chi connectivity index (χ3v) is 7.91.